The molecule has 3 rings (SSSR count). The smallest absolute Gasteiger partial charge is 0.270 e. The normalized spacial score (nSPS) is 26.6. The number of benzene rings is 1. The summed E-state index contributed by atoms with van der Waals surface area (Å²) in [5, 5.41) is 21.8. The van der Waals surface area contributed by atoms with Crippen molar-refractivity contribution in [1.29, 1.82) is 0 Å². The van der Waals surface area contributed by atoms with Gasteiger partial charge in [0.25, 0.3) is 5.69 Å². The molecule has 8 heteroatoms. The van der Waals surface area contributed by atoms with Crippen LogP contribution in [-0.4, -0.2) is 52.9 Å². The molecule has 2 aliphatic rings. The van der Waals surface area contributed by atoms with Gasteiger partial charge in [0, 0.05) is 30.8 Å². The zero-order valence-electron chi connectivity index (χ0n) is 13.1. The number of halogens is 1. The number of nitro benzene ring substituents is 1. The first-order chi connectivity index (χ1) is 10.4. The maximum absolute atomic E-state index is 11.0. The van der Waals surface area contributed by atoms with Crippen LogP contribution in [0.25, 0.3) is 0 Å². The Morgan fingerprint density at radius 3 is 2.61 bits per heavy atom. The van der Waals surface area contributed by atoms with Crippen molar-refractivity contribution in [2.45, 2.75) is 31.6 Å². The minimum Gasteiger partial charge on any atom is -0.485 e. The van der Waals surface area contributed by atoms with E-state index in [4.69, 9.17) is 9.47 Å². The summed E-state index contributed by atoms with van der Waals surface area (Å²) in [7, 11) is 0. The van der Waals surface area contributed by atoms with Crippen LogP contribution in [0.1, 0.15) is 25.5 Å². The second kappa shape index (κ2) is 6.60. The average Bonchev–Trinajstić information content (AvgIpc) is 2.48. The summed E-state index contributed by atoms with van der Waals surface area (Å²) in [6.45, 7) is 6.20. The van der Waals surface area contributed by atoms with Gasteiger partial charge < -0.3 is 14.6 Å². The van der Waals surface area contributed by atoms with Gasteiger partial charge in [0.2, 0.25) is 0 Å². The highest BCUT2D eigenvalue weighted by molar-refractivity contribution is 5.85. The molecule has 0 bridgehead atoms. The van der Waals surface area contributed by atoms with Crippen molar-refractivity contribution >= 4 is 18.1 Å². The Hall–Kier alpha value is -1.41. The number of ether oxygens (including phenoxy) is 2. The molecule has 0 amide bonds. The third-order valence-corrected chi connectivity index (χ3v) is 4.35. The molecule has 0 saturated carbocycles. The van der Waals surface area contributed by atoms with Crippen molar-refractivity contribution in [3.8, 4) is 5.75 Å². The highest BCUT2D eigenvalue weighted by atomic mass is 35.5. The lowest BCUT2D eigenvalue weighted by molar-refractivity contribution is -0.385. The van der Waals surface area contributed by atoms with Crippen LogP contribution in [0.15, 0.2) is 18.2 Å². The predicted molar refractivity (Wildman–Crippen MR) is 86.2 cm³/mol. The number of aliphatic hydroxyl groups is 1. The first kappa shape index (κ1) is 17.9. The van der Waals surface area contributed by atoms with E-state index in [1.54, 1.807) is 6.07 Å². The third kappa shape index (κ3) is 3.28. The first-order valence-electron chi connectivity index (χ1n) is 7.37. The van der Waals surface area contributed by atoms with Gasteiger partial charge in [-0.25, -0.2) is 0 Å². The zero-order valence-corrected chi connectivity index (χ0v) is 13.9. The van der Waals surface area contributed by atoms with Gasteiger partial charge in [0.15, 0.2) is 0 Å². The summed E-state index contributed by atoms with van der Waals surface area (Å²) < 4.78 is 11.2. The van der Waals surface area contributed by atoms with E-state index in [-0.39, 0.29) is 24.1 Å². The summed E-state index contributed by atoms with van der Waals surface area (Å²) in [5.74, 6) is 0.595. The second-order valence-corrected chi connectivity index (χ2v) is 6.22. The molecule has 0 aromatic heterocycles. The van der Waals surface area contributed by atoms with E-state index in [1.165, 1.54) is 12.1 Å². The molecule has 1 aromatic rings. The van der Waals surface area contributed by atoms with Gasteiger partial charge in [-0.05, 0) is 19.9 Å². The number of morpholine rings is 1. The summed E-state index contributed by atoms with van der Waals surface area (Å²) in [5.41, 5.74) is -0.0815. The van der Waals surface area contributed by atoms with E-state index in [0.29, 0.717) is 37.6 Å². The van der Waals surface area contributed by atoms with Crippen molar-refractivity contribution in [2.24, 2.45) is 0 Å². The number of aliphatic hydroxyl groups excluding tert-OH is 1. The zero-order chi connectivity index (χ0) is 15.9. The Morgan fingerprint density at radius 2 is 2.00 bits per heavy atom. The monoisotopic (exact) mass is 344 g/mol. The first-order valence-corrected chi connectivity index (χ1v) is 7.37. The molecule has 1 N–H and O–H groups in total. The number of hydrogen-bond donors (Lipinski definition) is 1. The fraction of sp³-hybridized carbons (Fsp3) is 0.600. The van der Waals surface area contributed by atoms with Crippen LogP contribution < -0.4 is 4.74 Å². The summed E-state index contributed by atoms with van der Waals surface area (Å²) in [6.07, 6.45) is -0.778. The fourth-order valence-electron chi connectivity index (χ4n) is 3.12. The van der Waals surface area contributed by atoms with Gasteiger partial charge in [-0.3, -0.25) is 15.0 Å². The van der Waals surface area contributed by atoms with E-state index in [9.17, 15) is 15.2 Å². The molecule has 2 atom stereocenters. The number of hydrogen-bond acceptors (Lipinski definition) is 6. The Labute approximate surface area is 140 Å². The number of rotatable bonds is 2. The van der Waals surface area contributed by atoms with Gasteiger partial charge in [-0.15, -0.1) is 12.4 Å². The molecule has 1 fully saturated rings. The molecular weight excluding hydrogens is 324 g/mol. The standard InChI is InChI=1S/C15H20N2O5.ClH/c1-15(2)14(18)13(16-5-7-21-8-6-16)11-9-10(17(19)20)3-4-12(11)22-15;/h3-4,9,13-14,18H,5-8H2,1-2H3;1H/t13-,14+;/m1./s1. The van der Waals surface area contributed by atoms with Crippen LogP contribution >= 0.6 is 12.4 Å². The minimum atomic E-state index is -0.778. The van der Waals surface area contributed by atoms with E-state index in [2.05, 4.69) is 4.90 Å². The Morgan fingerprint density at radius 1 is 1.35 bits per heavy atom. The van der Waals surface area contributed by atoms with Gasteiger partial charge in [0.1, 0.15) is 17.5 Å². The van der Waals surface area contributed by atoms with Crippen LogP contribution in [0, 0.1) is 10.1 Å². The minimum absolute atomic E-state index is 0. The summed E-state index contributed by atoms with van der Waals surface area (Å²) in [4.78, 5) is 12.7. The molecule has 7 nitrogen and oxygen atoms in total. The second-order valence-electron chi connectivity index (χ2n) is 6.22. The molecule has 0 aliphatic carbocycles. The summed E-state index contributed by atoms with van der Waals surface area (Å²) in [6, 6.07) is 4.23. The molecule has 0 unspecified atom stereocenters. The van der Waals surface area contributed by atoms with E-state index >= 15 is 0 Å². The van der Waals surface area contributed by atoms with Crippen molar-refractivity contribution in [2.75, 3.05) is 26.3 Å². The Bertz CT molecular complexity index is 589. The van der Waals surface area contributed by atoms with Crippen molar-refractivity contribution in [1.82, 2.24) is 4.90 Å². The van der Waals surface area contributed by atoms with Crippen molar-refractivity contribution < 1.29 is 19.5 Å². The SMILES string of the molecule is CC1(C)Oc2ccc([N+](=O)[O-])cc2[C@@H](N2CCOCC2)[C@@H]1O.Cl. The third-order valence-electron chi connectivity index (χ3n) is 4.35. The van der Waals surface area contributed by atoms with Gasteiger partial charge in [-0.1, -0.05) is 0 Å². The number of non-ortho nitro benzene ring substituents is 1. The highest BCUT2D eigenvalue weighted by Crippen LogP contribution is 2.44. The predicted octanol–water partition coefficient (Wildman–Crippen LogP) is 1.92. The lowest BCUT2D eigenvalue weighted by Crippen LogP contribution is -2.55. The van der Waals surface area contributed by atoms with E-state index < -0.39 is 16.6 Å². The maximum Gasteiger partial charge on any atom is 0.270 e. The largest absolute Gasteiger partial charge is 0.485 e. The van der Waals surface area contributed by atoms with E-state index in [1.807, 2.05) is 13.8 Å². The van der Waals surface area contributed by atoms with Gasteiger partial charge in [0.05, 0.1) is 24.2 Å². The molecule has 2 heterocycles. The fourth-order valence-corrected chi connectivity index (χ4v) is 3.12. The molecule has 2 aliphatic heterocycles. The van der Waals surface area contributed by atoms with Crippen LogP contribution in [0.2, 0.25) is 0 Å². The topological polar surface area (TPSA) is 85.1 Å². The molecule has 1 aromatic carbocycles. The summed E-state index contributed by atoms with van der Waals surface area (Å²) >= 11 is 0. The lowest BCUT2D eigenvalue weighted by atomic mass is 9.85. The van der Waals surface area contributed by atoms with Gasteiger partial charge >= 0.3 is 0 Å². The molecular formula is C15H21ClN2O5. The van der Waals surface area contributed by atoms with Gasteiger partial charge in [-0.2, -0.15) is 0 Å². The molecule has 23 heavy (non-hydrogen) atoms. The lowest BCUT2D eigenvalue weighted by Gasteiger charge is -2.47. The van der Waals surface area contributed by atoms with Crippen molar-refractivity contribution in [3.63, 3.8) is 0 Å². The van der Waals surface area contributed by atoms with E-state index in [0.717, 1.165) is 0 Å². The number of nitro groups is 1. The Balaban J connectivity index is 0.00000192. The molecule has 1 saturated heterocycles. The molecule has 0 spiro atoms. The number of nitrogens with zero attached hydrogens (tertiary/aromatic N) is 2. The quantitative estimate of drug-likeness (QED) is 0.651. The van der Waals surface area contributed by atoms with Crippen molar-refractivity contribution in [3.05, 3.63) is 33.9 Å². The average molecular weight is 345 g/mol. The van der Waals surface area contributed by atoms with Crippen LogP contribution in [0.3, 0.4) is 0 Å². The maximum atomic E-state index is 11.0. The Kier molecular flexibility index (Phi) is 5.15. The molecule has 128 valence electrons. The van der Waals surface area contributed by atoms with Crippen LogP contribution in [-0.2, 0) is 4.74 Å². The highest BCUT2D eigenvalue weighted by Gasteiger charge is 2.46. The molecule has 0 radical (unpaired) electrons. The van der Waals surface area contributed by atoms with Crippen LogP contribution in [0.4, 0.5) is 5.69 Å². The van der Waals surface area contributed by atoms with Crippen LogP contribution in [0.5, 0.6) is 5.75 Å². The number of fused-ring (bicyclic) bond motifs is 1.